The van der Waals surface area contributed by atoms with Gasteiger partial charge in [-0.1, -0.05) is 12.1 Å². The zero-order chi connectivity index (χ0) is 34.7. The lowest BCUT2D eigenvalue weighted by Crippen LogP contribution is -2.49. The Hall–Kier alpha value is -3.66. The summed E-state index contributed by atoms with van der Waals surface area (Å²) < 4.78 is 11.0. The summed E-state index contributed by atoms with van der Waals surface area (Å²) in [6.07, 6.45) is -0.166. The van der Waals surface area contributed by atoms with Gasteiger partial charge in [0.25, 0.3) is 5.69 Å². The van der Waals surface area contributed by atoms with Crippen LogP contribution in [0.5, 0.6) is 0 Å². The van der Waals surface area contributed by atoms with Crippen LogP contribution in [0.15, 0.2) is 24.3 Å². The molecule has 3 N–H and O–H groups in total. The molecule has 15 heteroatoms. The molecule has 0 radical (unpaired) electrons. The number of aliphatic carboxylic acids is 2. The number of carboxylic acid groups (broad SMARTS) is 2. The molecule has 2 atom stereocenters. The van der Waals surface area contributed by atoms with E-state index in [0.29, 0.717) is 39.1 Å². The molecule has 0 bridgehead atoms. The lowest BCUT2D eigenvalue weighted by atomic mass is 10.0. The zero-order valence-corrected chi connectivity index (χ0v) is 27.7. The van der Waals surface area contributed by atoms with Gasteiger partial charge in [-0.2, -0.15) is 0 Å². The van der Waals surface area contributed by atoms with Crippen molar-refractivity contribution >= 4 is 29.6 Å². The highest BCUT2D eigenvalue weighted by atomic mass is 16.6. The van der Waals surface area contributed by atoms with Crippen molar-refractivity contribution in [3.63, 3.8) is 0 Å². The van der Waals surface area contributed by atoms with Crippen LogP contribution in [0.4, 0.5) is 5.69 Å². The molecular weight excluding hydrogens is 602 g/mol. The molecule has 1 aliphatic heterocycles. The zero-order valence-electron chi connectivity index (χ0n) is 27.7. The Morgan fingerprint density at radius 3 is 1.91 bits per heavy atom. The van der Waals surface area contributed by atoms with Crippen LogP contribution in [0.25, 0.3) is 0 Å². The first-order chi connectivity index (χ1) is 21.3. The van der Waals surface area contributed by atoms with Crippen molar-refractivity contribution in [2.45, 2.75) is 77.7 Å². The molecule has 1 heterocycles. The number of ether oxygens (including phenoxy) is 2. The highest BCUT2D eigenvalue weighted by Gasteiger charge is 2.31. The van der Waals surface area contributed by atoms with Gasteiger partial charge in [0.2, 0.25) is 0 Å². The smallest absolute Gasteiger partial charge is 0.321 e. The minimum absolute atomic E-state index is 0.0290. The number of hydrogen-bond donors (Lipinski definition) is 3. The standard InChI is InChI=1S/C31H49N5O10/c1-30(2,3)45-27(39)19-32-23(17-22-7-9-24(10-8-22)36(43)44)20-33-11-12-34(21-28(40)46-31(4,5)6)14-16-35(15-13-33)25(29(41)42)18-26(37)38/h7-10,23,25,32H,11-21H2,1-6H3,(H,37,38)(H,41,42). The number of nitro benzene ring substituents is 1. The topological polar surface area (TPSA) is 192 Å². The Morgan fingerprint density at radius 1 is 0.870 bits per heavy atom. The van der Waals surface area contributed by atoms with Crippen LogP contribution in [-0.4, -0.2) is 136 Å². The fourth-order valence-corrected chi connectivity index (χ4v) is 5.06. The van der Waals surface area contributed by atoms with E-state index in [-0.39, 0.29) is 37.9 Å². The summed E-state index contributed by atoms with van der Waals surface area (Å²) in [5.41, 5.74) is -0.597. The van der Waals surface area contributed by atoms with Crippen LogP contribution in [0.3, 0.4) is 0 Å². The highest BCUT2D eigenvalue weighted by Crippen LogP contribution is 2.16. The van der Waals surface area contributed by atoms with Crippen molar-refractivity contribution in [3.8, 4) is 0 Å². The van der Waals surface area contributed by atoms with Crippen LogP contribution in [0.2, 0.25) is 0 Å². The maximum atomic E-state index is 12.7. The summed E-state index contributed by atoms with van der Waals surface area (Å²) in [4.78, 5) is 65.1. The van der Waals surface area contributed by atoms with Gasteiger partial charge in [-0.25, -0.2) is 0 Å². The van der Waals surface area contributed by atoms with E-state index in [1.165, 1.54) is 12.1 Å². The number of benzene rings is 1. The van der Waals surface area contributed by atoms with Crippen LogP contribution in [0, 0.1) is 10.1 Å². The number of nitro groups is 1. The molecule has 0 saturated carbocycles. The van der Waals surface area contributed by atoms with Crippen molar-refractivity contribution in [1.29, 1.82) is 0 Å². The van der Waals surface area contributed by atoms with Gasteiger partial charge in [0.05, 0.1) is 24.4 Å². The van der Waals surface area contributed by atoms with Gasteiger partial charge in [0.1, 0.15) is 17.2 Å². The molecule has 258 valence electrons. The Bertz CT molecular complexity index is 1200. The quantitative estimate of drug-likeness (QED) is 0.149. The number of non-ortho nitro benzene ring substituents is 1. The predicted molar refractivity (Wildman–Crippen MR) is 168 cm³/mol. The number of carbonyl (C=O) groups is 4. The summed E-state index contributed by atoms with van der Waals surface area (Å²) in [7, 11) is 0. The SMILES string of the molecule is CC(C)(C)OC(=O)CNC(Cc1ccc([N+](=O)[O-])cc1)CN1CCN(CC(=O)OC(C)(C)C)CCN(C(CC(=O)O)C(=O)O)CC1. The van der Waals surface area contributed by atoms with Crippen LogP contribution in [0.1, 0.15) is 53.5 Å². The lowest BCUT2D eigenvalue weighted by molar-refractivity contribution is -0.384. The van der Waals surface area contributed by atoms with Crippen molar-refractivity contribution in [2.75, 3.05) is 58.9 Å². The van der Waals surface area contributed by atoms with Gasteiger partial charge in [-0.3, -0.25) is 44.0 Å². The number of hydrogen-bond acceptors (Lipinski definition) is 12. The van der Waals surface area contributed by atoms with Gasteiger partial charge >= 0.3 is 23.9 Å². The molecule has 0 amide bonds. The second-order valence-electron chi connectivity index (χ2n) is 13.4. The molecule has 2 unspecified atom stereocenters. The average molecular weight is 652 g/mol. The number of esters is 2. The van der Waals surface area contributed by atoms with Crippen LogP contribution in [-0.2, 0) is 35.1 Å². The number of nitrogens with zero attached hydrogens (tertiary/aromatic N) is 4. The maximum absolute atomic E-state index is 12.7. The molecule has 46 heavy (non-hydrogen) atoms. The maximum Gasteiger partial charge on any atom is 0.321 e. The molecule has 1 aromatic carbocycles. The fraction of sp³-hybridized carbons (Fsp3) is 0.677. The first-order valence-electron chi connectivity index (χ1n) is 15.3. The van der Waals surface area contributed by atoms with Gasteiger partial charge < -0.3 is 25.0 Å². The van der Waals surface area contributed by atoms with E-state index in [1.807, 2.05) is 4.90 Å². The minimum Gasteiger partial charge on any atom is -0.481 e. The first-order valence-corrected chi connectivity index (χ1v) is 15.3. The fourth-order valence-electron chi connectivity index (χ4n) is 5.06. The monoisotopic (exact) mass is 651 g/mol. The molecule has 15 nitrogen and oxygen atoms in total. The van der Waals surface area contributed by atoms with E-state index >= 15 is 0 Å². The lowest BCUT2D eigenvalue weighted by Gasteiger charge is -2.31. The largest absolute Gasteiger partial charge is 0.481 e. The molecule has 0 aliphatic carbocycles. The van der Waals surface area contributed by atoms with Crippen molar-refractivity contribution in [3.05, 3.63) is 39.9 Å². The van der Waals surface area contributed by atoms with E-state index in [2.05, 4.69) is 10.2 Å². The molecule has 1 aromatic rings. The van der Waals surface area contributed by atoms with Crippen molar-refractivity contribution < 1.29 is 43.8 Å². The molecular formula is C31H49N5O10. The Kier molecular flexibility index (Phi) is 14.5. The van der Waals surface area contributed by atoms with Crippen LogP contribution < -0.4 is 5.32 Å². The molecule has 1 saturated heterocycles. The average Bonchev–Trinajstić information content (AvgIpc) is 2.99. The summed E-state index contributed by atoms with van der Waals surface area (Å²) in [5.74, 6) is -3.36. The molecule has 2 rings (SSSR count). The highest BCUT2D eigenvalue weighted by molar-refractivity contribution is 5.80. The van der Waals surface area contributed by atoms with E-state index < -0.39 is 52.5 Å². The summed E-state index contributed by atoms with van der Waals surface area (Å²) in [6.45, 7) is 13.0. The normalized spacial score (nSPS) is 17.2. The molecule has 0 aromatic heterocycles. The van der Waals surface area contributed by atoms with E-state index in [1.54, 1.807) is 58.6 Å². The van der Waals surface area contributed by atoms with E-state index in [9.17, 15) is 39.5 Å². The predicted octanol–water partition coefficient (Wildman–Crippen LogP) is 1.63. The number of nitrogens with one attached hydrogen (secondary N) is 1. The van der Waals surface area contributed by atoms with Gasteiger partial charge in [-0.15, -0.1) is 0 Å². The third kappa shape index (κ3) is 15.1. The van der Waals surface area contributed by atoms with Gasteiger partial charge in [0, 0.05) is 64.0 Å². The number of carboxylic acids is 2. The summed E-state index contributed by atoms with van der Waals surface area (Å²) in [5, 5.41) is 33.7. The van der Waals surface area contributed by atoms with Crippen LogP contribution >= 0.6 is 0 Å². The third-order valence-corrected chi connectivity index (χ3v) is 7.07. The Labute approximate surface area is 269 Å². The second kappa shape index (κ2) is 17.3. The van der Waals surface area contributed by atoms with Gasteiger partial charge in [-0.05, 0) is 53.5 Å². The number of carbonyl (C=O) groups excluding carboxylic acids is 2. The number of rotatable bonds is 14. The molecule has 0 spiro atoms. The Balaban J connectivity index is 2.32. The Morgan fingerprint density at radius 2 is 1.39 bits per heavy atom. The van der Waals surface area contributed by atoms with E-state index in [4.69, 9.17) is 9.47 Å². The van der Waals surface area contributed by atoms with Crippen molar-refractivity contribution in [2.24, 2.45) is 0 Å². The third-order valence-electron chi connectivity index (χ3n) is 7.07. The molecule has 1 aliphatic rings. The summed E-state index contributed by atoms with van der Waals surface area (Å²) in [6, 6.07) is 4.57. The minimum atomic E-state index is -1.26. The summed E-state index contributed by atoms with van der Waals surface area (Å²) >= 11 is 0. The van der Waals surface area contributed by atoms with Gasteiger partial charge in [0.15, 0.2) is 0 Å². The molecule has 1 fully saturated rings. The first kappa shape index (κ1) is 38.5. The van der Waals surface area contributed by atoms with Crippen molar-refractivity contribution in [1.82, 2.24) is 20.0 Å². The second-order valence-corrected chi connectivity index (χ2v) is 13.4. The van der Waals surface area contributed by atoms with E-state index in [0.717, 1.165) is 5.56 Å².